The molecule has 1 heterocycles. The fourth-order valence-electron chi connectivity index (χ4n) is 2.96. The molecule has 1 aliphatic rings. The molecule has 0 radical (unpaired) electrons. The molecule has 0 aliphatic carbocycles. The maximum Gasteiger partial charge on any atom is 0.243 e. The maximum absolute atomic E-state index is 12.8. The van der Waals surface area contributed by atoms with E-state index < -0.39 is 20.0 Å². The number of likely N-dealkylation sites (N-methyl/N-ethyl adjacent to an activating group) is 1. The first-order valence-electron chi connectivity index (χ1n) is 8.72. The van der Waals surface area contributed by atoms with E-state index in [0.717, 1.165) is 6.07 Å². The van der Waals surface area contributed by atoms with Gasteiger partial charge in [-0.3, -0.25) is 9.69 Å². The highest BCUT2D eigenvalue weighted by molar-refractivity contribution is 7.90. The molecule has 1 aromatic carbocycles. The van der Waals surface area contributed by atoms with Crippen LogP contribution in [0, 0.1) is 0 Å². The zero-order chi connectivity index (χ0) is 20.2. The second kappa shape index (κ2) is 8.65. The number of benzene rings is 1. The van der Waals surface area contributed by atoms with Crippen LogP contribution < -0.4 is 5.14 Å². The van der Waals surface area contributed by atoms with Gasteiger partial charge in [0, 0.05) is 39.3 Å². The second-order valence-corrected chi connectivity index (χ2v) is 9.77. The summed E-state index contributed by atoms with van der Waals surface area (Å²) < 4.78 is 49.8. The lowest BCUT2D eigenvalue weighted by Gasteiger charge is -2.34. The summed E-state index contributed by atoms with van der Waals surface area (Å²) in [5.41, 5.74) is 0. The van der Waals surface area contributed by atoms with Gasteiger partial charge in [0.2, 0.25) is 26.0 Å². The number of nitrogens with zero attached hydrogens (tertiary/aromatic N) is 3. The number of carbonyl (C=O) groups is 1. The molecular weight excluding hydrogens is 392 g/mol. The largest absolute Gasteiger partial charge is 0.342 e. The molecule has 0 bridgehead atoms. The Kier molecular flexibility index (Phi) is 6.98. The highest BCUT2D eigenvalue weighted by Gasteiger charge is 2.30. The quantitative estimate of drug-likeness (QED) is 0.638. The number of primary sulfonamides is 1. The Morgan fingerprint density at radius 3 is 2.11 bits per heavy atom. The van der Waals surface area contributed by atoms with Crippen molar-refractivity contribution in [1.29, 1.82) is 0 Å². The molecule has 1 aliphatic heterocycles. The molecule has 1 saturated heterocycles. The van der Waals surface area contributed by atoms with Crippen LogP contribution in [0.5, 0.6) is 0 Å². The van der Waals surface area contributed by atoms with Gasteiger partial charge in [-0.2, -0.15) is 4.31 Å². The third kappa shape index (κ3) is 5.26. The van der Waals surface area contributed by atoms with Gasteiger partial charge in [-0.1, -0.05) is 6.07 Å². The van der Waals surface area contributed by atoms with Gasteiger partial charge >= 0.3 is 0 Å². The molecule has 1 fully saturated rings. The number of sulfonamides is 2. The third-order valence-corrected chi connectivity index (χ3v) is 7.38. The number of amides is 1. The van der Waals surface area contributed by atoms with Crippen LogP contribution in [0.2, 0.25) is 0 Å². The molecule has 1 amide bonds. The molecule has 0 unspecified atom stereocenters. The minimum atomic E-state index is -3.99. The molecule has 152 valence electrons. The molecule has 0 aromatic heterocycles. The Balaban J connectivity index is 2.06. The van der Waals surface area contributed by atoms with Crippen LogP contribution in [0.1, 0.15) is 13.8 Å². The normalized spacial score (nSPS) is 17.0. The minimum absolute atomic E-state index is 0.0251. The van der Waals surface area contributed by atoms with E-state index in [2.05, 4.69) is 0 Å². The number of rotatable bonds is 7. The zero-order valence-electron chi connectivity index (χ0n) is 15.5. The highest BCUT2D eigenvalue weighted by Crippen LogP contribution is 2.20. The van der Waals surface area contributed by atoms with E-state index in [-0.39, 0.29) is 35.3 Å². The van der Waals surface area contributed by atoms with Gasteiger partial charge in [0.15, 0.2) is 0 Å². The van der Waals surface area contributed by atoms with Crippen molar-refractivity contribution < 1.29 is 21.6 Å². The number of hydrogen-bond acceptors (Lipinski definition) is 6. The van der Waals surface area contributed by atoms with E-state index in [1.54, 1.807) is 4.90 Å². The van der Waals surface area contributed by atoms with Crippen LogP contribution in [-0.4, -0.2) is 82.7 Å². The van der Waals surface area contributed by atoms with Gasteiger partial charge in [-0.25, -0.2) is 22.0 Å². The number of carbonyl (C=O) groups excluding carboxylic acids is 1. The van der Waals surface area contributed by atoms with E-state index in [1.165, 1.54) is 22.5 Å². The lowest BCUT2D eigenvalue weighted by atomic mass is 10.3. The van der Waals surface area contributed by atoms with Crippen molar-refractivity contribution in [2.75, 3.05) is 45.8 Å². The summed E-state index contributed by atoms with van der Waals surface area (Å²) in [6.45, 7) is 6.71. The van der Waals surface area contributed by atoms with Gasteiger partial charge in [0.25, 0.3) is 0 Å². The van der Waals surface area contributed by atoms with E-state index in [0.29, 0.717) is 26.2 Å². The topological polar surface area (TPSA) is 121 Å². The molecule has 0 spiro atoms. The van der Waals surface area contributed by atoms with Crippen LogP contribution >= 0.6 is 0 Å². The van der Waals surface area contributed by atoms with Crippen molar-refractivity contribution in [3.63, 3.8) is 0 Å². The van der Waals surface area contributed by atoms with Crippen LogP contribution in [0.4, 0.5) is 0 Å². The standard InChI is InChI=1S/C16H26N4O5S2/c1-3-19(4-2)16(21)13-18-8-10-20(11-9-18)27(24,25)15-7-5-6-14(12-15)26(17,22)23/h5-7,12H,3-4,8-11,13H2,1-2H3,(H2,17,22,23). The Morgan fingerprint density at radius 2 is 1.59 bits per heavy atom. The van der Waals surface area contributed by atoms with Crippen molar-refractivity contribution in [2.45, 2.75) is 23.6 Å². The van der Waals surface area contributed by atoms with E-state index in [1.807, 2.05) is 18.7 Å². The second-order valence-electron chi connectivity index (χ2n) is 6.27. The summed E-state index contributed by atoms with van der Waals surface area (Å²) in [7, 11) is -7.82. The molecule has 9 nitrogen and oxygen atoms in total. The fourth-order valence-corrected chi connectivity index (χ4v) is 5.06. The van der Waals surface area contributed by atoms with E-state index in [4.69, 9.17) is 5.14 Å². The summed E-state index contributed by atoms with van der Waals surface area (Å²) in [6, 6.07) is 5.03. The van der Waals surface area contributed by atoms with E-state index in [9.17, 15) is 21.6 Å². The lowest BCUT2D eigenvalue weighted by Crippen LogP contribution is -2.51. The van der Waals surface area contributed by atoms with Crippen molar-refractivity contribution in [3.8, 4) is 0 Å². The Morgan fingerprint density at radius 1 is 1.04 bits per heavy atom. The summed E-state index contributed by atoms with van der Waals surface area (Å²) >= 11 is 0. The molecule has 2 N–H and O–H groups in total. The van der Waals surface area contributed by atoms with Gasteiger partial charge < -0.3 is 4.90 Å². The summed E-state index contributed by atoms with van der Waals surface area (Å²) in [5, 5.41) is 5.08. The molecule has 2 rings (SSSR count). The molecule has 27 heavy (non-hydrogen) atoms. The average molecular weight is 419 g/mol. The maximum atomic E-state index is 12.8. The molecule has 0 saturated carbocycles. The Hall–Kier alpha value is -1.53. The smallest absolute Gasteiger partial charge is 0.243 e. The number of hydrogen-bond donors (Lipinski definition) is 1. The SMILES string of the molecule is CCN(CC)C(=O)CN1CCN(S(=O)(=O)c2cccc(S(N)(=O)=O)c2)CC1. The predicted molar refractivity (Wildman–Crippen MR) is 101 cm³/mol. The first-order chi connectivity index (χ1) is 12.6. The lowest BCUT2D eigenvalue weighted by molar-refractivity contribution is -0.132. The fraction of sp³-hybridized carbons (Fsp3) is 0.562. The van der Waals surface area contributed by atoms with Crippen molar-refractivity contribution in [3.05, 3.63) is 24.3 Å². The van der Waals surface area contributed by atoms with Crippen LogP contribution in [0.25, 0.3) is 0 Å². The molecule has 0 atom stereocenters. The predicted octanol–water partition coefficient (Wildman–Crippen LogP) is -0.491. The minimum Gasteiger partial charge on any atom is -0.342 e. The van der Waals surface area contributed by atoms with Crippen LogP contribution in [-0.2, 0) is 24.8 Å². The number of piperazine rings is 1. The van der Waals surface area contributed by atoms with Gasteiger partial charge in [0.05, 0.1) is 16.3 Å². The molecular formula is C16H26N4O5S2. The van der Waals surface area contributed by atoms with Crippen molar-refractivity contribution >= 4 is 26.0 Å². The van der Waals surface area contributed by atoms with Gasteiger partial charge in [-0.05, 0) is 32.0 Å². The van der Waals surface area contributed by atoms with Crippen LogP contribution in [0.3, 0.4) is 0 Å². The molecule has 11 heteroatoms. The molecule has 1 aromatic rings. The summed E-state index contributed by atoms with van der Waals surface area (Å²) in [4.78, 5) is 15.5. The average Bonchev–Trinajstić information content (AvgIpc) is 2.62. The summed E-state index contributed by atoms with van der Waals surface area (Å²) in [6.07, 6.45) is 0. The van der Waals surface area contributed by atoms with Gasteiger partial charge in [0.1, 0.15) is 0 Å². The van der Waals surface area contributed by atoms with Crippen LogP contribution in [0.15, 0.2) is 34.1 Å². The Labute approximate surface area is 160 Å². The van der Waals surface area contributed by atoms with E-state index >= 15 is 0 Å². The first kappa shape index (κ1) is 21.8. The highest BCUT2D eigenvalue weighted by atomic mass is 32.2. The van der Waals surface area contributed by atoms with Crippen molar-refractivity contribution in [2.24, 2.45) is 5.14 Å². The Bertz CT molecular complexity index is 874. The third-order valence-electron chi connectivity index (χ3n) is 4.58. The summed E-state index contributed by atoms with van der Waals surface area (Å²) in [5.74, 6) is 0.0251. The van der Waals surface area contributed by atoms with Gasteiger partial charge in [-0.15, -0.1) is 0 Å². The number of nitrogens with two attached hydrogens (primary N) is 1. The first-order valence-corrected chi connectivity index (χ1v) is 11.7. The van der Waals surface area contributed by atoms with Crippen molar-refractivity contribution in [1.82, 2.24) is 14.1 Å². The zero-order valence-corrected chi connectivity index (χ0v) is 17.2. The monoisotopic (exact) mass is 418 g/mol.